The van der Waals surface area contributed by atoms with E-state index in [-0.39, 0.29) is 69.8 Å². The van der Waals surface area contributed by atoms with Gasteiger partial charge in [-0.25, -0.2) is 4.79 Å². The number of hydrogen-bond acceptors (Lipinski definition) is 11. The largest absolute Gasteiger partial charge is 0.508 e. The van der Waals surface area contributed by atoms with Crippen LogP contribution in [0.3, 0.4) is 0 Å². The summed E-state index contributed by atoms with van der Waals surface area (Å²) >= 11 is 0. The Morgan fingerprint density at radius 1 is 0.426 bits per heavy atom. The molecule has 0 bridgehead atoms. The van der Waals surface area contributed by atoms with E-state index in [4.69, 9.17) is 28.4 Å². The number of carbonyl (C=O) groups is 4. The monoisotopic (exact) mass is 964 g/mol. The van der Waals surface area contributed by atoms with E-state index in [2.05, 4.69) is 39.2 Å². The molecular formula is C57H105NO10. The van der Waals surface area contributed by atoms with Crippen molar-refractivity contribution in [1.29, 1.82) is 0 Å². The van der Waals surface area contributed by atoms with Crippen LogP contribution in [0.4, 0.5) is 4.79 Å². The van der Waals surface area contributed by atoms with Crippen LogP contribution in [0.5, 0.6) is 0 Å². The fourth-order valence-electron chi connectivity index (χ4n) is 8.84. The van der Waals surface area contributed by atoms with Gasteiger partial charge in [-0.1, -0.05) is 163 Å². The van der Waals surface area contributed by atoms with Crippen LogP contribution >= 0.6 is 0 Å². The van der Waals surface area contributed by atoms with E-state index >= 15 is 0 Å². The zero-order chi connectivity index (χ0) is 49.6. The minimum Gasteiger partial charge on any atom is -0.498 e. The molecule has 11 heteroatoms. The quantitative estimate of drug-likeness (QED) is 0.0250. The first-order valence-electron chi connectivity index (χ1n) is 28.6. The highest BCUT2D eigenvalue weighted by Crippen LogP contribution is 2.21. The predicted molar refractivity (Wildman–Crippen MR) is 277 cm³/mol. The fraction of sp³-hybridized carbons (Fsp3) is 0.895. The van der Waals surface area contributed by atoms with Crippen molar-refractivity contribution in [2.24, 2.45) is 5.92 Å². The lowest BCUT2D eigenvalue weighted by atomic mass is 10.0. The summed E-state index contributed by atoms with van der Waals surface area (Å²) in [6.45, 7) is 16.3. The van der Waals surface area contributed by atoms with Crippen molar-refractivity contribution in [2.45, 2.75) is 277 Å². The topological polar surface area (TPSA) is 127 Å². The van der Waals surface area contributed by atoms with Crippen molar-refractivity contribution in [1.82, 2.24) is 4.90 Å². The lowest BCUT2D eigenvalue weighted by molar-refractivity contribution is -0.151. The molecule has 0 aliphatic carbocycles. The van der Waals surface area contributed by atoms with Gasteiger partial charge in [0.05, 0.1) is 24.9 Å². The summed E-state index contributed by atoms with van der Waals surface area (Å²) in [6, 6.07) is 0. The molecule has 68 heavy (non-hydrogen) atoms. The molecule has 398 valence electrons. The van der Waals surface area contributed by atoms with Crippen LogP contribution in [0.2, 0.25) is 0 Å². The molecule has 1 saturated heterocycles. The van der Waals surface area contributed by atoms with Gasteiger partial charge >= 0.3 is 24.1 Å². The Kier molecular flexibility index (Phi) is 43.3. The highest BCUT2D eigenvalue weighted by molar-refractivity contribution is 5.72. The lowest BCUT2D eigenvalue weighted by Crippen LogP contribution is -2.26. The Labute approximate surface area is 417 Å². The molecule has 0 aromatic carbocycles. The van der Waals surface area contributed by atoms with Gasteiger partial charge < -0.3 is 33.3 Å². The molecule has 1 aliphatic heterocycles. The SMILES string of the molecule is C=C(CCCC(=O)OC(CCCCCCCC)CCCCCCCC)OCC(COC(=O)CCCC(=O)OC(CCCCCCCC)CCCCCCCC)COC(=O)OCCCN1CCCC1. The third-order valence-corrected chi connectivity index (χ3v) is 13.2. The predicted octanol–water partition coefficient (Wildman–Crippen LogP) is 15.5. The number of hydrogen-bond donors (Lipinski definition) is 0. The van der Waals surface area contributed by atoms with Gasteiger partial charge in [0.1, 0.15) is 25.4 Å². The third kappa shape index (κ3) is 40.0. The van der Waals surface area contributed by atoms with Gasteiger partial charge in [0, 0.05) is 32.2 Å². The lowest BCUT2D eigenvalue weighted by Gasteiger charge is -2.20. The first-order valence-corrected chi connectivity index (χ1v) is 28.6. The van der Waals surface area contributed by atoms with Crippen molar-refractivity contribution >= 4 is 24.1 Å². The fourth-order valence-corrected chi connectivity index (χ4v) is 8.84. The highest BCUT2D eigenvalue weighted by atomic mass is 16.7. The molecule has 1 rings (SSSR count). The summed E-state index contributed by atoms with van der Waals surface area (Å²) in [7, 11) is 0. The van der Waals surface area contributed by atoms with E-state index in [1.165, 1.54) is 128 Å². The van der Waals surface area contributed by atoms with E-state index in [1.807, 2.05) is 0 Å². The van der Waals surface area contributed by atoms with E-state index < -0.39 is 18.0 Å². The molecule has 0 aromatic rings. The van der Waals surface area contributed by atoms with E-state index in [0.717, 1.165) is 90.3 Å². The van der Waals surface area contributed by atoms with Crippen molar-refractivity contribution in [3.63, 3.8) is 0 Å². The van der Waals surface area contributed by atoms with Crippen LogP contribution in [-0.4, -0.2) is 87.2 Å². The summed E-state index contributed by atoms with van der Waals surface area (Å²) in [5.74, 6) is -0.847. The molecule has 0 N–H and O–H groups in total. The molecule has 1 aliphatic rings. The van der Waals surface area contributed by atoms with Gasteiger partial charge in [0.25, 0.3) is 0 Å². The Morgan fingerprint density at radius 2 is 0.809 bits per heavy atom. The van der Waals surface area contributed by atoms with Gasteiger partial charge in [-0.05, 0) is 96.6 Å². The minimum atomic E-state index is -0.767. The molecular weight excluding hydrogens is 859 g/mol. The van der Waals surface area contributed by atoms with E-state index in [9.17, 15) is 19.2 Å². The molecule has 1 atom stereocenters. The summed E-state index contributed by atoms with van der Waals surface area (Å²) in [4.78, 5) is 53.7. The van der Waals surface area contributed by atoms with E-state index in [1.54, 1.807) is 0 Å². The molecule has 0 aromatic heterocycles. The number of unbranched alkanes of at least 4 members (excludes halogenated alkanes) is 20. The Morgan fingerprint density at radius 3 is 1.26 bits per heavy atom. The highest BCUT2D eigenvalue weighted by Gasteiger charge is 2.20. The average molecular weight is 964 g/mol. The first-order chi connectivity index (χ1) is 33.2. The third-order valence-electron chi connectivity index (χ3n) is 13.2. The number of esters is 3. The maximum absolute atomic E-state index is 13.0. The molecule has 1 fully saturated rings. The summed E-state index contributed by atoms with van der Waals surface area (Å²) in [5.41, 5.74) is 0. The number of rotatable bonds is 49. The smallest absolute Gasteiger partial charge is 0.498 e. The van der Waals surface area contributed by atoms with Gasteiger partial charge in [0.2, 0.25) is 0 Å². The molecule has 11 nitrogen and oxygen atoms in total. The Hall–Kier alpha value is -2.82. The molecule has 1 unspecified atom stereocenters. The standard InChI is InChI=1S/C57H105NO10/c1-6-10-14-18-22-26-36-52(37-27-23-19-15-11-7-2)67-55(60)41-32-35-50(5)64-47-51(49-66-57(62)63-46-34-45-58-43-30-31-44-58)48-65-54(59)40-33-42-56(61)68-53(38-28-24-20-16-12-8-3)39-29-25-21-17-13-9-4/h51-53H,5-49H2,1-4H3. The van der Waals surface area contributed by atoms with Crippen LogP contribution in [0.1, 0.15) is 265 Å². The Bertz CT molecular complexity index is 1120. The maximum Gasteiger partial charge on any atom is 0.508 e. The maximum atomic E-state index is 13.0. The van der Waals surface area contributed by atoms with Crippen LogP contribution in [0, 0.1) is 5.92 Å². The molecule has 0 amide bonds. The summed E-state index contributed by atoms with van der Waals surface area (Å²) in [6.07, 6.45) is 36.8. The number of likely N-dealkylation sites (tertiary alicyclic amines) is 1. The first kappa shape index (κ1) is 63.2. The summed E-state index contributed by atoms with van der Waals surface area (Å²) < 4.78 is 34.4. The molecule has 0 radical (unpaired) electrons. The average Bonchev–Trinajstić information content (AvgIpc) is 3.85. The number of ether oxygens (including phenoxy) is 6. The van der Waals surface area contributed by atoms with Gasteiger partial charge in [-0.2, -0.15) is 0 Å². The van der Waals surface area contributed by atoms with Crippen LogP contribution < -0.4 is 0 Å². The molecule has 0 saturated carbocycles. The van der Waals surface area contributed by atoms with E-state index in [0.29, 0.717) is 25.0 Å². The zero-order valence-electron chi connectivity index (χ0n) is 44.6. The number of nitrogens with zero attached hydrogens (tertiary/aromatic N) is 1. The Balaban J connectivity index is 2.64. The van der Waals surface area contributed by atoms with Crippen LogP contribution in [0.15, 0.2) is 12.3 Å². The van der Waals surface area contributed by atoms with Crippen LogP contribution in [0.25, 0.3) is 0 Å². The second kappa shape index (κ2) is 46.6. The molecule has 1 heterocycles. The van der Waals surface area contributed by atoms with Crippen LogP contribution in [-0.2, 0) is 42.8 Å². The van der Waals surface area contributed by atoms with Crippen molar-refractivity contribution in [3.8, 4) is 0 Å². The van der Waals surface area contributed by atoms with Crippen molar-refractivity contribution in [2.75, 3.05) is 46.1 Å². The van der Waals surface area contributed by atoms with Gasteiger partial charge in [-0.3, -0.25) is 14.4 Å². The number of allylic oxidation sites excluding steroid dienone is 1. The molecule has 0 spiro atoms. The number of carbonyl (C=O) groups excluding carboxylic acids is 4. The minimum absolute atomic E-state index is 0.0276. The van der Waals surface area contributed by atoms with Crippen molar-refractivity contribution < 1.29 is 47.6 Å². The van der Waals surface area contributed by atoms with Gasteiger partial charge in [0.15, 0.2) is 0 Å². The zero-order valence-corrected chi connectivity index (χ0v) is 44.6. The normalized spacial score (nSPS) is 13.2. The second-order valence-electron chi connectivity index (χ2n) is 19.9. The summed E-state index contributed by atoms with van der Waals surface area (Å²) in [5, 5.41) is 0. The van der Waals surface area contributed by atoms with Crippen molar-refractivity contribution in [3.05, 3.63) is 12.3 Å². The second-order valence-corrected chi connectivity index (χ2v) is 19.9. The van der Waals surface area contributed by atoms with Gasteiger partial charge in [-0.15, -0.1) is 0 Å².